The molecule has 0 aromatic carbocycles. The number of hydrogen-bond donors (Lipinski definition) is 2. The Kier molecular flexibility index (Phi) is 14.5. The number of methoxy groups -OCH3 is 1. The number of ketones is 2. The van der Waals surface area contributed by atoms with Gasteiger partial charge in [-0.15, -0.1) is 5.10 Å². The van der Waals surface area contributed by atoms with Crippen LogP contribution in [0.5, 0.6) is 0 Å². The number of hydrogen-bond acceptors (Lipinski definition) is 15. The van der Waals surface area contributed by atoms with E-state index in [1.165, 1.54) is 18.9 Å². The number of aliphatic hydroxyl groups excluding tert-OH is 1. The van der Waals surface area contributed by atoms with Gasteiger partial charge in [0.05, 0.1) is 35.7 Å². The number of rotatable bonds is 11. The minimum atomic E-state index is -3.19. The van der Waals surface area contributed by atoms with Gasteiger partial charge in [-0.25, -0.2) is 19.0 Å². The fraction of sp³-hybridized carbons (Fsp3) is 0.738. The monoisotopic (exact) mass is 845 g/mol. The fourth-order valence-corrected chi connectivity index (χ4v) is 9.39. The molecule has 3 N–H and O–H groups in total. The van der Waals surface area contributed by atoms with Gasteiger partial charge >= 0.3 is 12.1 Å². The molecule has 13 atom stereocenters. The number of aliphatic hydroxyl groups is 1. The minimum Gasteiger partial charge on any atom is -0.455 e. The first-order chi connectivity index (χ1) is 28.1. The molecule has 18 heteroatoms. The Hall–Kier alpha value is -4.10. The van der Waals surface area contributed by atoms with Gasteiger partial charge in [-0.3, -0.25) is 14.3 Å². The average molecular weight is 846 g/mol. The lowest BCUT2D eigenvalue weighted by atomic mass is 9.73. The summed E-state index contributed by atoms with van der Waals surface area (Å²) in [6.07, 6.45) is -2.71. The Morgan fingerprint density at radius 2 is 1.72 bits per heavy atom. The molecular formula is C42H64FN7O10. The number of likely N-dealkylation sites (N-methyl/N-ethyl adjacent to an activating group) is 1. The third-order valence-corrected chi connectivity index (χ3v) is 12.8. The molecule has 0 bridgehead atoms. The number of fused-ring (bicyclic) bond motifs is 1. The van der Waals surface area contributed by atoms with E-state index in [9.17, 15) is 24.3 Å². The van der Waals surface area contributed by atoms with Gasteiger partial charge in [-0.2, -0.15) is 0 Å². The molecule has 60 heavy (non-hydrogen) atoms. The lowest BCUT2D eigenvalue weighted by molar-refractivity contribution is -0.295. The Morgan fingerprint density at radius 1 is 1.03 bits per heavy atom. The van der Waals surface area contributed by atoms with E-state index in [-0.39, 0.29) is 37.3 Å². The number of ether oxygens (including phenoxy) is 5. The number of carbonyl (C=O) groups is 4. The number of carbonyl (C=O) groups excluding carboxylic acids is 4. The van der Waals surface area contributed by atoms with E-state index >= 15 is 4.39 Å². The van der Waals surface area contributed by atoms with E-state index in [1.807, 2.05) is 25.9 Å². The van der Waals surface area contributed by atoms with Crippen molar-refractivity contribution in [2.75, 3.05) is 33.5 Å². The maximum atomic E-state index is 16.9. The summed E-state index contributed by atoms with van der Waals surface area (Å²) in [6, 6.07) is 3.91. The van der Waals surface area contributed by atoms with Crippen molar-refractivity contribution in [3.05, 3.63) is 24.4 Å². The zero-order valence-corrected chi connectivity index (χ0v) is 36.8. The molecule has 5 heterocycles. The van der Waals surface area contributed by atoms with Gasteiger partial charge in [-0.05, 0) is 86.0 Å². The van der Waals surface area contributed by atoms with Crippen molar-refractivity contribution < 1.29 is 52.4 Å². The van der Waals surface area contributed by atoms with Crippen LogP contribution in [-0.2, 0) is 44.6 Å². The van der Waals surface area contributed by atoms with Crippen LogP contribution in [0.15, 0.2) is 24.4 Å². The number of unbranched alkanes of at least 4 members (excludes halogenated alkanes) is 1. The average Bonchev–Trinajstić information content (AvgIpc) is 3.78. The number of Topliss-reactive ketones (excluding diaryl/α,β-unsaturated/α-hetero) is 2. The minimum absolute atomic E-state index is 0.0156. The number of halogens is 1. The van der Waals surface area contributed by atoms with E-state index in [0.717, 1.165) is 6.92 Å². The van der Waals surface area contributed by atoms with Crippen LogP contribution in [0, 0.1) is 17.8 Å². The number of amides is 1. The molecule has 2 aromatic heterocycles. The van der Waals surface area contributed by atoms with Crippen LogP contribution in [0.2, 0.25) is 0 Å². The summed E-state index contributed by atoms with van der Waals surface area (Å²) in [7, 11) is 5.03. The first-order valence-electron chi connectivity index (χ1n) is 20.9. The highest BCUT2D eigenvalue weighted by Crippen LogP contribution is 2.44. The van der Waals surface area contributed by atoms with Crippen molar-refractivity contribution >= 4 is 29.4 Å². The molecule has 5 rings (SSSR count). The Morgan fingerprint density at radius 3 is 2.35 bits per heavy atom. The summed E-state index contributed by atoms with van der Waals surface area (Å²) in [5, 5.41) is 19.8. The van der Waals surface area contributed by atoms with Crippen LogP contribution in [0.4, 0.5) is 15.0 Å². The number of cyclic esters (lactones) is 1. The molecule has 3 aliphatic rings. The summed E-state index contributed by atoms with van der Waals surface area (Å²) >= 11 is 0. The van der Waals surface area contributed by atoms with Gasteiger partial charge in [-0.1, -0.05) is 39.0 Å². The quantitative estimate of drug-likeness (QED) is 0.186. The molecule has 4 unspecified atom stereocenters. The molecule has 17 nitrogen and oxygen atoms in total. The number of nitrogens with zero attached hydrogens (tertiary/aromatic N) is 6. The first-order valence-corrected chi connectivity index (χ1v) is 20.9. The number of nitrogens with two attached hydrogens (primary N) is 1. The third kappa shape index (κ3) is 9.37. The molecule has 0 aliphatic carbocycles. The van der Waals surface area contributed by atoms with E-state index in [1.54, 1.807) is 63.7 Å². The highest BCUT2D eigenvalue weighted by atomic mass is 19.1. The second-order valence-corrected chi connectivity index (χ2v) is 17.6. The second kappa shape index (κ2) is 18.5. The van der Waals surface area contributed by atoms with E-state index in [2.05, 4.69) is 15.3 Å². The Bertz CT molecular complexity index is 1860. The summed E-state index contributed by atoms with van der Waals surface area (Å²) in [5.41, 5.74) is 0.700. The van der Waals surface area contributed by atoms with Crippen LogP contribution in [0.3, 0.4) is 0 Å². The van der Waals surface area contributed by atoms with Crippen molar-refractivity contribution in [3.63, 3.8) is 0 Å². The van der Waals surface area contributed by atoms with Gasteiger partial charge in [0.25, 0.3) is 5.67 Å². The van der Waals surface area contributed by atoms with Crippen LogP contribution in [-0.4, -0.2) is 146 Å². The number of esters is 1. The van der Waals surface area contributed by atoms with Crippen molar-refractivity contribution in [2.45, 2.75) is 154 Å². The van der Waals surface area contributed by atoms with Crippen LogP contribution in [0.25, 0.3) is 11.4 Å². The summed E-state index contributed by atoms with van der Waals surface area (Å²) in [4.78, 5) is 64.3. The van der Waals surface area contributed by atoms with E-state index < -0.39 is 83.1 Å². The van der Waals surface area contributed by atoms with Gasteiger partial charge in [0, 0.05) is 44.0 Å². The largest absolute Gasteiger partial charge is 0.455 e. The smallest absolute Gasteiger partial charge is 0.410 e. The molecular weight excluding hydrogens is 781 g/mol. The normalized spacial score (nSPS) is 37.1. The highest BCUT2D eigenvalue weighted by Gasteiger charge is 2.61. The molecule has 0 spiro atoms. The van der Waals surface area contributed by atoms with E-state index in [0.29, 0.717) is 43.0 Å². The van der Waals surface area contributed by atoms with Crippen molar-refractivity contribution in [2.24, 2.45) is 17.8 Å². The molecule has 0 radical (unpaired) electrons. The lowest BCUT2D eigenvalue weighted by Crippen LogP contribution is -2.61. The summed E-state index contributed by atoms with van der Waals surface area (Å²) in [6.45, 7) is 13.1. The zero-order valence-electron chi connectivity index (χ0n) is 36.8. The van der Waals surface area contributed by atoms with Crippen molar-refractivity contribution in [1.29, 1.82) is 0 Å². The van der Waals surface area contributed by atoms with E-state index in [4.69, 9.17) is 29.4 Å². The number of aromatic nitrogens is 4. The Labute approximate surface area is 351 Å². The van der Waals surface area contributed by atoms with Crippen molar-refractivity contribution in [1.82, 2.24) is 29.8 Å². The predicted molar refractivity (Wildman–Crippen MR) is 217 cm³/mol. The molecule has 3 fully saturated rings. The number of pyridine rings is 1. The lowest BCUT2D eigenvalue weighted by Gasteiger charge is -2.47. The molecule has 3 aliphatic heterocycles. The fourth-order valence-electron chi connectivity index (χ4n) is 9.39. The zero-order chi connectivity index (χ0) is 44.5. The van der Waals surface area contributed by atoms with Crippen LogP contribution in [0.1, 0.15) is 87.5 Å². The van der Waals surface area contributed by atoms with Crippen molar-refractivity contribution in [3.8, 4) is 11.4 Å². The number of anilines is 1. The predicted octanol–water partition coefficient (Wildman–Crippen LogP) is 4.00. The SMILES string of the molecule is CC[C@H]1OC(=O)[C@](C)(F)C(=O)[C@H](C)[C@@H](OC2OC(C)CC(N(C)C)C2O)[C@@](C)(OC)C[C@@H](C)C(=O)[C@H](C)[C@H]2N(CCCCn3cc(-c4cccc(N)n4)nn3)C(=O)O[C@]12C. The van der Waals surface area contributed by atoms with Gasteiger partial charge in [0.15, 0.2) is 17.7 Å². The van der Waals surface area contributed by atoms with Crippen LogP contribution < -0.4 is 5.73 Å². The van der Waals surface area contributed by atoms with Gasteiger partial charge in [0.2, 0.25) is 0 Å². The molecule has 3 saturated heterocycles. The molecule has 1 amide bonds. The Balaban J connectivity index is 1.45. The number of aryl methyl sites for hydroxylation is 1. The highest BCUT2D eigenvalue weighted by molar-refractivity contribution is 6.08. The van der Waals surface area contributed by atoms with Crippen LogP contribution >= 0.6 is 0 Å². The molecule has 2 aromatic rings. The third-order valence-electron chi connectivity index (χ3n) is 12.8. The topological polar surface area (TPSA) is 211 Å². The van der Waals surface area contributed by atoms with Gasteiger partial charge in [0.1, 0.15) is 29.5 Å². The van der Waals surface area contributed by atoms with Gasteiger partial charge < -0.3 is 44.3 Å². The number of nitrogen functional groups attached to an aromatic ring is 1. The number of alkyl halides is 1. The first kappa shape index (κ1) is 47.0. The maximum Gasteiger partial charge on any atom is 0.410 e. The maximum absolute atomic E-state index is 16.9. The molecule has 0 saturated carbocycles. The summed E-state index contributed by atoms with van der Waals surface area (Å²) < 4.78 is 49.1. The summed E-state index contributed by atoms with van der Waals surface area (Å²) in [5.74, 6) is -5.52. The molecule has 334 valence electrons. The standard InChI is InChI=1S/C42H64FN7O10/c1-12-30-42(8)34(50(39(55)60-42)19-14-13-18-49-22-28(46-47-49)27-16-15-17-31(44)45-27)25(4)32(51)23(2)21-40(6,56-11)36(26(5)35(53)41(7,43)38(54)58-30)59-37-33(52)29(48(9)10)20-24(3)57-37/h15-17,22-26,29-30,33-34,36-37,52H,12-14,18-21H2,1-11H3,(H2,44,45)/t23-,24?,25+,26+,29?,30-,33?,34-,36-,37?,40+,41-,42-/m1/s1. The second-order valence-electron chi connectivity index (χ2n) is 17.6.